The number of nitrogens with zero attached hydrogens (tertiary/aromatic N) is 1. The lowest BCUT2D eigenvalue weighted by Crippen LogP contribution is -2.24. The van der Waals surface area contributed by atoms with Gasteiger partial charge in [-0.1, -0.05) is 12.1 Å². The lowest BCUT2D eigenvalue weighted by Gasteiger charge is -2.02. The smallest absolute Gasteiger partial charge is 0.244 e. The van der Waals surface area contributed by atoms with Crippen molar-refractivity contribution in [2.24, 2.45) is 0 Å². The average Bonchev–Trinajstić information content (AvgIpc) is 2.94. The van der Waals surface area contributed by atoms with Gasteiger partial charge in [0, 0.05) is 18.7 Å². The van der Waals surface area contributed by atoms with Crippen molar-refractivity contribution in [2.45, 2.75) is 25.2 Å². The Morgan fingerprint density at radius 2 is 2.17 bits per heavy atom. The minimum Gasteiger partial charge on any atom is -0.457 e. The molecule has 2 heterocycles. The Balaban J connectivity index is 2.35. The molecule has 0 aromatic carbocycles. The number of hydrogen-bond donors (Lipinski definition) is 1. The Morgan fingerprint density at radius 1 is 1.39 bits per heavy atom. The maximum absolute atomic E-state index is 12.0. The molecule has 0 atom stereocenters. The van der Waals surface area contributed by atoms with E-state index in [-0.39, 0.29) is 4.90 Å². The van der Waals surface area contributed by atoms with Gasteiger partial charge in [-0.25, -0.2) is 13.1 Å². The molecule has 0 aliphatic carbocycles. The standard InChI is InChI=1S/C11H14N2O4S/c1-3-5-13-18(14,15)11-7-10(16-8(11)2)9-4-6-12-17-9/h4,6-7,13H,3,5H2,1-2H3. The SMILES string of the molecule is CCCNS(=O)(=O)c1cc(-c2ccno2)oc1C. The lowest BCUT2D eigenvalue weighted by molar-refractivity contribution is 0.414. The van der Waals surface area contributed by atoms with Gasteiger partial charge in [-0.2, -0.15) is 0 Å². The molecule has 0 saturated heterocycles. The molecule has 0 aliphatic heterocycles. The number of aryl methyl sites for hydroxylation is 1. The number of hydrogen-bond acceptors (Lipinski definition) is 5. The molecule has 18 heavy (non-hydrogen) atoms. The first-order valence-electron chi connectivity index (χ1n) is 5.55. The monoisotopic (exact) mass is 270 g/mol. The van der Waals surface area contributed by atoms with Gasteiger partial charge in [0.1, 0.15) is 10.7 Å². The van der Waals surface area contributed by atoms with Crippen molar-refractivity contribution in [1.29, 1.82) is 0 Å². The fraction of sp³-hybridized carbons (Fsp3) is 0.364. The second-order valence-electron chi connectivity index (χ2n) is 3.81. The maximum Gasteiger partial charge on any atom is 0.244 e. The number of aromatic nitrogens is 1. The Kier molecular flexibility index (Phi) is 3.53. The Bertz CT molecular complexity index is 614. The molecule has 0 saturated carbocycles. The topological polar surface area (TPSA) is 85.3 Å². The van der Waals surface area contributed by atoms with E-state index in [4.69, 9.17) is 8.94 Å². The molecule has 2 aromatic heterocycles. The third-order valence-corrected chi connectivity index (χ3v) is 3.95. The number of sulfonamides is 1. The summed E-state index contributed by atoms with van der Waals surface area (Å²) in [5, 5.41) is 3.55. The van der Waals surface area contributed by atoms with Gasteiger partial charge in [0.05, 0.1) is 6.20 Å². The third-order valence-electron chi connectivity index (χ3n) is 2.38. The Labute approximate surface area is 105 Å². The molecule has 1 N–H and O–H groups in total. The molecule has 0 fully saturated rings. The maximum atomic E-state index is 12.0. The average molecular weight is 270 g/mol. The van der Waals surface area contributed by atoms with E-state index < -0.39 is 10.0 Å². The van der Waals surface area contributed by atoms with Crippen LogP contribution in [0.4, 0.5) is 0 Å². The summed E-state index contributed by atoms with van der Waals surface area (Å²) in [7, 11) is -3.53. The predicted octanol–water partition coefficient (Wildman–Crippen LogP) is 1.93. The van der Waals surface area contributed by atoms with Gasteiger partial charge in [0.25, 0.3) is 0 Å². The summed E-state index contributed by atoms with van der Waals surface area (Å²) < 4.78 is 36.7. The van der Waals surface area contributed by atoms with Crippen LogP contribution >= 0.6 is 0 Å². The fourth-order valence-corrected chi connectivity index (χ4v) is 2.82. The van der Waals surface area contributed by atoms with Crippen LogP contribution < -0.4 is 4.72 Å². The largest absolute Gasteiger partial charge is 0.457 e. The molecule has 2 rings (SSSR count). The summed E-state index contributed by atoms with van der Waals surface area (Å²) in [4.78, 5) is 0.127. The van der Waals surface area contributed by atoms with Crippen LogP contribution in [0.1, 0.15) is 19.1 Å². The second kappa shape index (κ2) is 4.95. The summed E-state index contributed by atoms with van der Waals surface area (Å²) in [6.45, 7) is 3.88. The van der Waals surface area contributed by atoms with E-state index in [1.54, 1.807) is 13.0 Å². The molecule has 2 aromatic rings. The van der Waals surface area contributed by atoms with Crippen LogP contribution in [0.15, 0.2) is 32.2 Å². The fourth-order valence-electron chi connectivity index (χ4n) is 1.51. The van der Waals surface area contributed by atoms with Gasteiger partial charge in [0.2, 0.25) is 15.8 Å². The summed E-state index contributed by atoms with van der Waals surface area (Å²) in [6.07, 6.45) is 2.20. The first-order chi connectivity index (χ1) is 8.54. The van der Waals surface area contributed by atoms with E-state index >= 15 is 0 Å². The van der Waals surface area contributed by atoms with E-state index in [0.29, 0.717) is 23.8 Å². The van der Waals surface area contributed by atoms with Crippen LogP contribution in [-0.4, -0.2) is 20.1 Å². The van der Waals surface area contributed by atoms with Crippen molar-refractivity contribution >= 4 is 10.0 Å². The molecule has 98 valence electrons. The van der Waals surface area contributed by atoms with Crippen molar-refractivity contribution in [1.82, 2.24) is 9.88 Å². The van der Waals surface area contributed by atoms with Crippen LogP contribution in [0, 0.1) is 6.92 Å². The van der Waals surface area contributed by atoms with E-state index in [1.807, 2.05) is 6.92 Å². The normalized spacial score (nSPS) is 11.9. The van der Waals surface area contributed by atoms with Crippen LogP contribution in [-0.2, 0) is 10.0 Å². The van der Waals surface area contributed by atoms with Crippen LogP contribution in [0.3, 0.4) is 0 Å². The van der Waals surface area contributed by atoms with Gasteiger partial charge >= 0.3 is 0 Å². The number of furan rings is 1. The van der Waals surface area contributed by atoms with Crippen molar-refractivity contribution in [3.8, 4) is 11.5 Å². The minimum absolute atomic E-state index is 0.127. The molecular formula is C11H14N2O4S. The predicted molar refractivity (Wildman–Crippen MR) is 64.4 cm³/mol. The van der Waals surface area contributed by atoms with Crippen LogP contribution in [0.25, 0.3) is 11.5 Å². The molecule has 0 radical (unpaired) electrons. The van der Waals surface area contributed by atoms with Crippen molar-refractivity contribution in [2.75, 3.05) is 6.54 Å². The summed E-state index contributed by atoms with van der Waals surface area (Å²) in [6, 6.07) is 3.04. The van der Waals surface area contributed by atoms with E-state index in [9.17, 15) is 8.42 Å². The summed E-state index contributed by atoms with van der Waals surface area (Å²) in [5.41, 5.74) is 0. The molecule has 0 bridgehead atoms. The van der Waals surface area contributed by atoms with Crippen LogP contribution in [0.5, 0.6) is 0 Å². The third kappa shape index (κ3) is 2.46. The Hall–Kier alpha value is -1.60. The highest BCUT2D eigenvalue weighted by Gasteiger charge is 2.22. The molecule has 6 nitrogen and oxygen atoms in total. The highest BCUT2D eigenvalue weighted by molar-refractivity contribution is 7.89. The zero-order valence-corrected chi connectivity index (χ0v) is 11.0. The first kappa shape index (κ1) is 12.8. The number of rotatable bonds is 5. The van der Waals surface area contributed by atoms with Gasteiger partial charge in [0.15, 0.2) is 5.76 Å². The van der Waals surface area contributed by atoms with E-state index in [1.165, 1.54) is 12.3 Å². The van der Waals surface area contributed by atoms with Crippen molar-refractivity contribution in [3.63, 3.8) is 0 Å². The van der Waals surface area contributed by atoms with Crippen molar-refractivity contribution < 1.29 is 17.4 Å². The molecular weight excluding hydrogens is 256 g/mol. The first-order valence-corrected chi connectivity index (χ1v) is 7.04. The Morgan fingerprint density at radius 3 is 2.78 bits per heavy atom. The quantitative estimate of drug-likeness (QED) is 0.897. The highest BCUT2D eigenvalue weighted by Crippen LogP contribution is 2.27. The zero-order chi connectivity index (χ0) is 13.2. The van der Waals surface area contributed by atoms with E-state index in [2.05, 4.69) is 9.88 Å². The molecule has 7 heteroatoms. The second-order valence-corrected chi connectivity index (χ2v) is 5.54. The van der Waals surface area contributed by atoms with Crippen molar-refractivity contribution in [3.05, 3.63) is 24.1 Å². The molecule has 0 spiro atoms. The van der Waals surface area contributed by atoms with Crippen LogP contribution in [0.2, 0.25) is 0 Å². The summed E-state index contributed by atoms with van der Waals surface area (Å²) >= 11 is 0. The lowest BCUT2D eigenvalue weighted by atomic mass is 10.3. The molecule has 0 amide bonds. The molecule has 0 unspecified atom stereocenters. The van der Waals surface area contributed by atoms with Gasteiger partial charge in [-0.3, -0.25) is 0 Å². The summed E-state index contributed by atoms with van der Waals surface area (Å²) in [5.74, 6) is 1.07. The highest BCUT2D eigenvalue weighted by atomic mass is 32.2. The minimum atomic E-state index is -3.53. The van der Waals surface area contributed by atoms with Gasteiger partial charge in [-0.15, -0.1) is 0 Å². The zero-order valence-electron chi connectivity index (χ0n) is 10.1. The van der Waals surface area contributed by atoms with Gasteiger partial charge < -0.3 is 8.94 Å². The van der Waals surface area contributed by atoms with E-state index in [0.717, 1.165) is 6.42 Å². The molecule has 0 aliphatic rings. The number of nitrogens with one attached hydrogen (secondary N) is 1. The van der Waals surface area contributed by atoms with Gasteiger partial charge in [-0.05, 0) is 13.3 Å².